The van der Waals surface area contributed by atoms with E-state index in [1.165, 1.54) is 6.20 Å². The summed E-state index contributed by atoms with van der Waals surface area (Å²) in [5.74, 6) is -0.335. The summed E-state index contributed by atoms with van der Waals surface area (Å²) in [6.45, 7) is 4.18. The molecule has 0 spiro atoms. The van der Waals surface area contributed by atoms with Crippen molar-refractivity contribution in [1.29, 1.82) is 0 Å². The van der Waals surface area contributed by atoms with Crippen molar-refractivity contribution in [2.45, 2.75) is 19.9 Å². The minimum atomic E-state index is -0.335. The maximum atomic E-state index is 11.8. The van der Waals surface area contributed by atoms with Crippen LogP contribution in [0, 0.1) is 0 Å². The molecule has 1 unspecified atom stereocenters. The smallest absolute Gasteiger partial charge is 1.00 e. The maximum Gasteiger partial charge on any atom is 1.00 e. The number of ether oxygens (including phenoxy) is 1. The fraction of sp³-hybridized carbons (Fsp3) is 0.286. The van der Waals surface area contributed by atoms with Crippen LogP contribution in [0.1, 0.15) is 35.9 Å². The van der Waals surface area contributed by atoms with E-state index < -0.39 is 0 Å². The van der Waals surface area contributed by atoms with Crippen molar-refractivity contribution in [2.24, 2.45) is 0 Å². The Labute approximate surface area is 167 Å². The van der Waals surface area contributed by atoms with Crippen LogP contribution in [0.4, 0.5) is 0 Å². The first-order valence-corrected chi connectivity index (χ1v) is 5.98. The van der Waals surface area contributed by atoms with E-state index in [2.05, 4.69) is 4.98 Å². The molecule has 0 bridgehead atoms. The Morgan fingerprint density at radius 1 is 1.35 bits per heavy atom. The van der Waals surface area contributed by atoms with Gasteiger partial charge < -0.3 is 21.7 Å². The van der Waals surface area contributed by atoms with E-state index in [0.29, 0.717) is 12.3 Å². The van der Waals surface area contributed by atoms with Crippen molar-refractivity contribution in [3.05, 3.63) is 54.1 Å². The van der Waals surface area contributed by atoms with Crippen LogP contribution in [0.15, 0.2) is 42.9 Å². The molecule has 1 aromatic carbocycles. The number of carbonyl (C=O) groups excluding carboxylic acids is 1. The van der Waals surface area contributed by atoms with Crippen LogP contribution in [0.5, 0.6) is 0 Å². The van der Waals surface area contributed by atoms with Gasteiger partial charge in [-0.2, -0.15) is 0 Å². The van der Waals surface area contributed by atoms with Crippen LogP contribution in [-0.2, 0) is 4.74 Å². The van der Waals surface area contributed by atoms with Crippen LogP contribution in [0.3, 0.4) is 0 Å². The number of hydrogen-bond acceptors (Lipinski definition) is 3. The summed E-state index contributed by atoms with van der Waals surface area (Å²) in [6, 6.07) is 10.0. The Hall–Kier alpha value is -0.174. The Balaban J connectivity index is 0.00000180. The van der Waals surface area contributed by atoms with E-state index in [-0.39, 0.29) is 75.8 Å². The molecule has 6 heteroatoms. The van der Waals surface area contributed by atoms with Crippen molar-refractivity contribution in [3.8, 4) is 0 Å². The molecule has 0 aliphatic carbocycles. The van der Waals surface area contributed by atoms with Crippen LogP contribution in [0.2, 0.25) is 0 Å². The van der Waals surface area contributed by atoms with E-state index in [9.17, 15) is 4.79 Å². The number of halogens is 1. The number of benzene rings is 1. The van der Waals surface area contributed by atoms with Crippen LogP contribution in [0.25, 0.3) is 0 Å². The van der Waals surface area contributed by atoms with E-state index in [1.807, 2.05) is 41.8 Å². The molecule has 0 saturated carbocycles. The molecular formula is C14H16ClKN2O2. The molecule has 4 nitrogen and oxygen atoms in total. The van der Waals surface area contributed by atoms with Crippen molar-refractivity contribution in [3.63, 3.8) is 0 Å². The fourth-order valence-electron chi connectivity index (χ4n) is 1.87. The molecular weight excluding hydrogens is 303 g/mol. The van der Waals surface area contributed by atoms with E-state index in [4.69, 9.17) is 4.74 Å². The van der Waals surface area contributed by atoms with Gasteiger partial charge in [0.15, 0.2) is 0 Å². The largest absolute Gasteiger partial charge is 1.00 e. The second-order valence-corrected chi connectivity index (χ2v) is 3.99. The molecule has 2 rings (SSSR count). The molecule has 0 saturated heterocycles. The van der Waals surface area contributed by atoms with E-state index in [0.717, 1.165) is 5.56 Å². The molecule has 0 aliphatic rings. The average Bonchev–Trinajstić information content (AvgIpc) is 2.88. The first-order valence-electron chi connectivity index (χ1n) is 5.98. The zero-order chi connectivity index (χ0) is 13.0. The van der Waals surface area contributed by atoms with Gasteiger partial charge >= 0.3 is 57.4 Å². The SMILES string of the molecule is CCOC(=O)c1cncn1C(C)c1ccccc1.[Cl-].[K+]. The van der Waals surface area contributed by atoms with Gasteiger partial charge in [0.25, 0.3) is 0 Å². The summed E-state index contributed by atoms with van der Waals surface area (Å²) in [5, 5.41) is 0. The fourth-order valence-corrected chi connectivity index (χ4v) is 1.87. The third-order valence-electron chi connectivity index (χ3n) is 2.85. The Morgan fingerprint density at radius 3 is 2.60 bits per heavy atom. The normalized spacial score (nSPS) is 10.9. The van der Waals surface area contributed by atoms with E-state index in [1.54, 1.807) is 13.3 Å². The average molecular weight is 319 g/mol. The van der Waals surface area contributed by atoms with E-state index >= 15 is 0 Å². The molecule has 0 radical (unpaired) electrons. The summed E-state index contributed by atoms with van der Waals surface area (Å²) < 4.78 is 6.84. The molecule has 0 N–H and O–H groups in total. The number of rotatable bonds is 4. The zero-order valence-corrected chi connectivity index (χ0v) is 15.8. The molecule has 1 atom stereocenters. The molecule has 1 heterocycles. The molecule has 20 heavy (non-hydrogen) atoms. The van der Waals surface area contributed by atoms with Crippen LogP contribution < -0.4 is 63.8 Å². The summed E-state index contributed by atoms with van der Waals surface area (Å²) in [6.07, 6.45) is 3.20. The summed E-state index contributed by atoms with van der Waals surface area (Å²) in [5.41, 5.74) is 1.61. The predicted molar refractivity (Wildman–Crippen MR) is 68.4 cm³/mol. The number of nitrogens with zero attached hydrogens (tertiary/aromatic N) is 2. The van der Waals surface area contributed by atoms with Gasteiger partial charge in [0.05, 0.1) is 25.2 Å². The number of carbonyl (C=O) groups is 1. The number of hydrogen-bond donors (Lipinski definition) is 0. The first-order chi connectivity index (χ1) is 8.74. The standard InChI is InChI=1S/C14H16N2O2.ClH.K/c1-3-18-14(17)13-9-15-10-16(13)11(2)12-7-5-4-6-8-12;;/h4-11H,3H2,1-2H3;1H;/q;;+1/p-1. The van der Waals surface area contributed by atoms with Crippen molar-refractivity contribution in [1.82, 2.24) is 9.55 Å². The second-order valence-electron chi connectivity index (χ2n) is 3.99. The van der Waals surface area contributed by atoms with Crippen molar-refractivity contribution >= 4 is 5.97 Å². The molecule has 0 aliphatic heterocycles. The molecule has 2 aromatic rings. The minimum absolute atomic E-state index is 0. The van der Waals surface area contributed by atoms with Crippen molar-refractivity contribution < 1.29 is 73.3 Å². The third-order valence-corrected chi connectivity index (χ3v) is 2.85. The maximum absolute atomic E-state index is 11.8. The second kappa shape index (κ2) is 9.71. The van der Waals surface area contributed by atoms with Gasteiger partial charge in [0.1, 0.15) is 5.69 Å². The summed E-state index contributed by atoms with van der Waals surface area (Å²) >= 11 is 0. The van der Waals surface area contributed by atoms with Gasteiger partial charge in [-0.1, -0.05) is 30.3 Å². The molecule has 1 aromatic heterocycles. The quantitative estimate of drug-likeness (QED) is 0.438. The molecule has 0 amide bonds. The van der Waals surface area contributed by atoms with Crippen LogP contribution >= 0.6 is 0 Å². The third kappa shape index (κ3) is 4.68. The Kier molecular flexibility index (Phi) is 9.62. The van der Waals surface area contributed by atoms with Crippen molar-refractivity contribution in [2.75, 3.05) is 6.61 Å². The monoisotopic (exact) mass is 318 g/mol. The van der Waals surface area contributed by atoms with Gasteiger partial charge in [0, 0.05) is 0 Å². The van der Waals surface area contributed by atoms with Gasteiger partial charge in [-0.25, -0.2) is 9.78 Å². The first kappa shape index (κ1) is 19.8. The Morgan fingerprint density at radius 2 is 2.00 bits per heavy atom. The Bertz CT molecular complexity index is 531. The topological polar surface area (TPSA) is 44.1 Å². The van der Waals surface area contributed by atoms with Gasteiger partial charge in [-0.3, -0.25) is 0 Å². The van der Waals surface area contributed by atoms with Gasteiger partial charge in [-0.15, -0.1) is 0 Å². The number of imidazole rings is 1. The predicted octanol–water partition coefficient (Wildman–Crippen LogP) is -3.32. The number of esters is 1. The summed E-state index contributed by atoms with van der Waals surface area (Å²) in [4.78, 5) is 15.8. The zero-order valence-electron chi connectivity index (χ0n) is 11.9. The number of aromatic nitrogens is 2. The summed E-state index contributed by atoms with van der Waals surface area (Å²) in [7, 11) is 0. The molecule has 0 fully saturated rings. The van der Waals surface area contributed by atoms with Crippen LogP contribution in [-0.4, -0.2) is 22.1 Å². The minimum Gasteiger partial charge on any atom is -1.00 e. The molecule has 102 valence electrons. The van der Waals surface area contributed by atoms with Gasteiger partial charge in [-0.05, 0) is 19.4 Å². The van der Waals surface area contributed by atoms with Gasteiger partial charge in [0.2, 0.25) is 0 Å².